The van der Waals surface area contributed by atoms with Gasteiger partial charge in [0, 0.05) is 0 Å². The lowest BCUT2D eigenvalue weighted by atomic mass is 9.84. The zero-order valence-corrected chi connectivity index (χ0v) is 32.2. The van der Waals surface area contributed by atoms with Crippen molar-refractivity contribution in [1.29, 1.82) is 0 Å². The minimum atomic E-state index is 1.17. The predicted molar refractivity (Wildman–Crippen MR) is 246 cm³/mol. The van der Waals surface area contributed by atoms with Crippen molar-refractivity contribution in [3.8, 4) is 22.3 Å². The fourth-order valence-corrected chi connectivity index (χ4v) is 8.04. The summed E-state index contributed by atoms with van der Waals surface area (Å²) in [5.74, 6) is 0. The normalized spacial score (nSPS) is 10.8. The second-order valence-corrected chi connectivity index (χ2v) is 14.4. The third-order valence-electron chi connectivity index (χ3n) is 10.7. The first kappa shape index (κ1) is 36.1. The highest BCUT2D eigenvalue weighted by Gasteiger charge is 2.19. The number of hydrogen-bond donors (Lipinski definition) is 0. The third-order valence-corrected chi connectivity index (χ3v) is 10.7. The van der Waals surface area contributed by atoms with E-state index in [-0.39, 0.29) is 0 Å². The van der Waals surface area contributed by atoms with Gasteiger partial charge in [0.2, 0.25) is 0 Å². The molecule has 0 heteroatoms. The Morgan fingerprint density at radius 3 is 0.603 bits per heavy atom. The van der Waals surface area contributed by atoms with E-state index in [2.05, 4.69) is 255 Å². The van der Waals surface area contributed by atoms with Crippen LogP contribution in [0.25, 0.3) is 44.5 Å². The van der Waals surface area contributed by atoms with Gasteiger partial charge in [0.25, 0.3) is 0 Å². The molecule has 0 N–H and O–H groups in total. The van der Waals surface area contributed by atoms with Gasteiger partial charge in [0.1, 0.15) is 0 Å². The lowest BCUT2D eigenvalue weighted by molar-refractivity contribution is 1.49. The average molecular weight is 739 g/mol. The van der Waals surface area contributed by atoms with Crippen molar-refractivity contribution >= 4 is 22.3 Å². The maximum atomic E-state index is 2.35. The van der Waals surface area contributed by atoms with Crippen LogP contribution >= 0.6 is 0 Å². The smallest absolute Gasteiger partial charge is 0.00266 e. The molecular weight excluding hydrogens is 697 g/mol. The Kier molecular flexibility index (Phi) is 10.6. The third kappa shape index (κ3) is 7.78. The predicted octanol–water partition coefficient (Wildman–Crippen LogP) is 15.0. The summed E-state index contributed by atoms with van der Waals surface area (Å²) in [6.45, 7) is 0. The summed E-state index contributed by atoms with van der Waals surface area (Å²) >= 11 is 0. The van der Waals surface area contributed by atoms with E-state index in [1.165, 1.54) is 89.1 Å². The molecule has 0 aliphatic carbocycles. The molecule has 274 valence electrons. The van der Waals surface area contributed by atoms with Crippen LogP contribution in [0.4, 0.5) is 0 Å². The molecule has 0 saturated heterocycles. The van der Waals surface area contributed by atoms with Gasteiger partial charge < -0.3 is 0 Å². The molecule has 0 unspecified atom stereocenters. The first-order valence-electron chi connectivity index (χ1n) is 19.9. The molecule has 0 aromatic heterocycles. The second-order valence-electron chi connectivity index (χ2n) is 14.4. The van der Waals surface area contributed by atoms with Crippen molar-refractivity contribution in [1.82, 2.24) is 0 Å². The molecule has 9 aromatic rings. The molecule has 0 fully saturated rings. The van der Waals surface area contributed by atoms with Crippen LogP contribution in [0.3, 0.4) is 0 Å². The fraction of sp³-hybridized carbons (Fsp3) is 0. The molecule has 0 bridgehead atoms. The van der Waals surface area contributed by atoms with Gasteiger partial charge in [-0.15, -0.1) is 0 Å². The largest absolute Gasteiger partial charge is 0.0622 e. The minimum absolute atomic E-state index is 1.17. The molecule has 0 nitrogen and oxygen atoms in total. The van der Waals surface area contributed by atoms with Gasteiger partial charge >= 0.3 is 0 Å². The standard InChI is InChI=1S/C58H42/c1-7-22-43(23-8-1)55(44-24-9-2-10-25-44)57(47-30-15-5-16-31-47)53-38-20-36-51(41-53)49-34-19-35-50(40-49)52-37-21-39-54(42-52)58(48-32-17-6-18-33-48)56(45-26-11-3-12-27-45)46-28-13-4-14-29-46/h1-42H. The SMILES string of the molecule is c1ccc(C(=C(c2ccccc2)c2cccc(-c3cccc(-c4cccc(C(=C(c5ccccc5)c5ccccc5)c5ccccc5)c4)c3)c2)c2ccccc2)cc1. The van der Waals surface area contributed by atoms with E-state index in [4.69, 9.17) is 0 Å². The monoisotopic (exact) mass is 738 g/mol. The highest BCUT2D eigenvalue weighted by atomic mass is 14.2. The van der Waals surface area contributed by atoms with Gasteiger partial charge in [-0.1, -0.05) is 237 Å². The number of hydrogen-bond acceptors (Lipinski definition) is 0. The van der Waals surface area contributed by atoms with Gasteiger partial charge in [-0.05, 0) is 107 Å². The van der Waals surface area contributed by atoms with Crippen LogP contribution in [-0.2, 0) is 0 Å². The van der Waals surface area contributed by atoms with E-state index in [0.717, 1.165) is 0 Å². The van der Waals surface area contributed by atoms with E-state index < -0.39 is 0 Å². The summed E-state index contributed by atoms with van der Waals surface area (Å²) in [7, 11) is 0. The first-order chi connectivity index (χ1) is 28.8. The van der Waals surface area contributed by atoms with Gasteiger partial charge in [-0.25, -0.2) is 0 Å². The molecule has 0 aliphatic heterocycles. The molecular formula is C58H42. The molecule has 0 atom stereocenters. The Morgan fingerprint density at radius 1 is 0.155 bits per heavy atom. The molecule has 0 radical (unpaired) electrons. The maximum absolute atomic E-state index is 2.35. The Hall–Kier alpha value is -7.54. The summed E-state index contributed by atoms with van der Waals surface area (Å²) in [6.07, 6.45) is 0. The van der Waals surface area contributed by atoms with Crippen LogP contribution < -0.4 is 0 Å². The van der Waals surface area contributed by atoms with Crippen molar-refractivity contribution in [2.75, 3.05) is 0 Å². The summed E-state index contributed by atoms with van der Waals surface area (Å²) in [5, 5.41) is 0. The van der Waals surface area contributed by atoms with Crippen molar-refractivity contribution in [3.05, 3.63) is 299 Å². The fourth-order valence-electron chi connectivity index (χ4n) is 8.04. The molecule has 0 amide bonds. The molecule has 0 spiro atoms. The van der Waals surface area contributed by atoms with E-state index in [0.29, 0.717) is 0 Å². The van der Waals surface area contributed by atoms with Crippen molar-refractivity contribution < 1.29 is 0 Å². The minimum Gasteiger partial charge on any atom is -0.0622 e. The first-order valence-corrected chi connectivity index (χ1v) is 19.9. The Bertz CT molecular complexity index is 2540. The summed E-state index contributed by atoms with van der Waals surface area (Å²) in [4.78, 5) is 0. The number of benzene rings is 9. The topological polar surface area (TPSA) is 0 Å². The Balaban J connectivity index is 1.18. The highest BCUT2D eigenvalue weighted by molar-refractivity contribution is 6.06. The second kappa shape index (κ2) is 17.1. The van der Waals surface area contributed by atoms with Crippen LogP contribution in [0, 0.1) is 0 Å². The number of rotatable bonds is 10. The molecule has 0 saturated carbocycles. The van der Waals surface area contributed by atoms with E-state index >= 15 is 0 Å². The zero-order valence-electron chi connectivity index (χ0n) is 32.2. The highest BCUT2D eigenvalue weighted by Crippen LogP contribution is 2.40. The summed E-state index contributed by atoms with van der Waals surface area (Å²) in [5.41, 5.74) is 19.0. The van der Waals surface area contributed by atoms with Crippen molar-refractivity contribution in [2.24, 2.45) is 0 Å². The van der Waals surface area contributed by atoms with E-state index in [1.807, 2.05) is 0 Å². The molecule has 9 aromatic carbocycles. The van der Waals surface area contributed by atoms with Crippen molar-refractivity contribution in [2.45, 2.75) is 0 Å². The quantitative estimate of drug-likeness (QED) is 0.123. The van der Waals surface area contributed by atoms with Crippen LogP contribution in [0.2, 0.25) is 0 Å². The molecule has 0 heterocycles. The summed E-state index contributed by atoms with van der Waals surface area (Å²) < 4.78 is 0. The lowest BCUT2D eigenvalue weighted by Gasteiger charge is -2.19. The molecule has 58 heavy (non-hydrogen) atoms. The average Bonchev–Trinajstić information content (AvgIpc) is 3.31. The van der Waals surface area contributed by atoms with Gasteiger partial charge in [0.05, 0.1) is 0 Å². The van der Waals surface area contributed by atoms with Gasteiger partial charge in [-0.3, -0.25) is 0 Å². The Labute approximate surface area is 342 Å². The lowest BCUT2D eigenvalue weighted by Crippen LogP contribution is -1.98. The zero-order chi connectivity index (χ0) is 38.9. The summed E-state index contributed by atoms with van der Waals surface area (Å²) in [6, 6.07) is 91.7. The Morgan fingerprint density at radius 2 is 0.345 bits per heavy atom. The van der Waals surface area contributed by atoms with Crippen LogP contribution in [0.5, 0.6) is 0 Å². The van der Waals surface area contributed by atoms with Crippen LogP contribution in [0.15, 0.2) is 255 Å². The van der Waals surface area contributed by atoms with E-state index in [1.54, 1.807) is 0 Å². The van der Waals surface area contributed by atoms with Crippen LogP contribution in [0.1, 0.15) is 44.5 Å². The van der Waals surface area contributed by atoms with Gasteiger partial charge in [-0.2, -0.15) is 0 Å². The van der Waals surface area contributed by atoms with E-state index in [9.17, 15) is 0 Å². The van der Waals surface area contributed by atoms with Gasteiger partial charge in [0.15, 0.2) is 0 Å². The molecule has 9 rings (SSSR count). The molecule has 0 aliphatic rings. The maximum Gasteiger partial charge on any atom is -0.00266 e. The van der Waals surface area contributed by atoms with Crippen LogP contribution in [-0.4, -0.2) is 0 Å². The van der Waals surface area contributed by atoms with Crippen molar-refractivity contribution in [3.63, 3.8) is 0 Å².